The summed E-state index contributed by atoms with van der Waals surface area (Å²) in [4.78, 5) is 23.8. The van der Waals surface area contributed by atoms with Crippen LogP contribution in [0.2, 0.25) is 0 Å². The summed E-state index contributed by atoms with van der Waals surface area (Å²) in [6.07, 6.45) is 0.803. The molecule has 152 valence electrons. The molecule has 1 saturated heterocycles. The Morgan fingerprint density at radius 1 is 1.27 bits per heavy atom. The molecule has 1 atom stereocenters. The molecule has 1 aliphatic rings. The van der Waals surface area contributed by atoms with Crippen molar-refractivity contribution in [1.82, 2.24) is 20.0 Å². The second-order valence-corrected chi connectivity index (χ2v) is 8.24. The second kappa shape index (κ2) is 7.49. The van der Waals surface area contributed by atoms with Gasteiger partial charge in [0, 0.05) is 19.1 Å². The Balaban J connectivity index is 1.31. The van der Waals surface area contributed by atoms with Gasteiger partial charge in [-0.05, 0) is 43.7 Å². The molecule has 0 spiro atoms. The van der Waals surface area contributed by atoms with Crippen molar-refractivity contribution in [1.29, 1.82) is 0 Å². The SMILES string of the molecule is Cc1noc(-c2ccccc2C(=O)N2CC[C@@H](Nc3nc4ccc(F)cc4s3)C2)n1. The predicted molar refractivity (Wildman–Crippen MR) is 112 cm³/mol. The summed E-state index contributed by atoms with van der Waals surface area (Å²) in [5.41, 5.74) is 1.93. The number of nitrogens with zero attached hydrogens (tertiary/aromatic N) is 4. The molecule has 3 heterocycles. The van der Waals surface area contributed by atoms with E-state index >= 15 is 0 Å². The van der Waals surface area contributed by atoms with Gasteiger partial charge in [-0.1, -0.05) is 28.6 Å². The number of likely N-dealkylation sites (tertiary alicyclic amines) is 1. The Hall–Kier alpha value is -3.33. The van der Waals surface area contributed by atoms with Gasteiger partial charge < -0.3 is 14.7 Å². The highest BCUT2D eigenvalue weighted by atomic mass is 32.1. The minimum atomic E-state index is -0.273. The van der Waals surface area contributed by atoms with Crippen LogP contribution in [-0.4, -0.2) is 45.1 Å². The highest BCUT2D eigenvalue weighted by molar-refractivity contribution is 7.22. The molecule has 9 heteroatoms. The second-order valence-electron chi connectivity index (χ2n) is 7.20. The molecular formula is C21H18FN5O2S. The number of amides is 1. The largest absolute Gasteiger partial charge is 0.357 e. The van der Waals surface area contributed by atoms with Crippen LogP contribution in [0.25, 0.3) is 21.7 Å². The smallest absolute Gasteiger partial charge is 0.258 e. The Bertz CT molecular complexity index is 1240. The van der Waals surface area contributed by atoms with Gasteiger partial charge in [-0.2, -0.15) is 4.98 Å². The van der Waals surface area contributed by atoms with E-state index < -0.39 is 0 Å². The summed E-state index contributed by atoms with van der Waals surface area (Å²) in [7, 11) is 0. The van der Waals surface area contributed by atoms with Gasteiger partial charge in [0.25, 0.3) is 11.8 Å². The standard InChI is InChI=1S/C21H18FN5O2S/c1-12-23-19(29-26-12)15-4-2-3-5-16(15)20(28)27-9-8-14(11-27)24-21-25-17-7-6-13(22)10-18(17)30-21/h2-7,10,14H,8-9,11H2,1H3,(H,24,25)/t14-/m1/s1. The number of halogens is 1. The van der Waals surface area contributed by atoms with Crippen LogP contribution in [0, 0.1) is 12.7 Å². The van der Waals surface area contributed by atoms with E-state index in [4.69, 9.17) is 4.52 Å². The zero-order valence-corrected chi connectivity index (χ0v) is 16.9. The molecular weight excluding hydrogens is 405 g/mol. The molecule has 0 unspecified atom stereocenters. The van der Waals surface area contributed by atoms with E-state index in [1.165, 1.54) is 23.5 Å². The minimum Gasteiger partial charge on any atom is -0.357 e. The predicted octanol–water partition coefficient (Wildman–Crippen LogP) is 4.12. The van der Waals surface area contributed by atoms with E-state index in [2.05, 4.69) is 20.4 Å². The summed E-state index contributed by atoms with van der Waals surface area (Å²) in [5, 5.41) is 7.94. The van der Waals surface area contributed by atoms with Gasteiger partial charge in [-0.3, -0.25) is 4.79 Å². The van der Waals surface area contributed by atoms with Crippen molar-refractivity contribution < 1.29 is 13.7 Å². The van der Waals surface area contributed by atoms with E-state index in [0.29, 0.717) is 35.9 Å². The third-order valence-electron chi connectivity index (χ3n) is 5.07. The van der Waals surface area contributed by atoms with Gasteiger partial charge in [0.15, 0.2) is 11.0 Å². The number of carbonyl (C=O) groups excluding carboxylic acids is 1. The lowest BCUT2D eigenvalue weighted by Gasteiger charge is -2.18. The molecule has 5 rings (SSSR count). The summed E-state index contributed by atoms with van der Waals surface area (Å²) in [5.74, 6) is 0.517. The highest BCUT2D eigenvalue weighted by Crippen LogP contribution is 2.29. The van der Waals surface area contributed by atoms with E-state index in [9.17, 15) is 9.18 Å². The van der Waals surface area contributed by atoms with Crippen LogP contribution in [0.3, 0.4) is 0 Å². The van der Waals surface area contributed by atoms with Crippen molar-refractivity contribution >= 4 is 32.6 Å². The fraction of sp³-hybridized carbons (Fsp3) is 0.238. The molecule has 1 amide bonds. The molecule has 2 aromatic carbocycles. The van der Waals surface area contributed by atoms with Gasteiger partial charge in [-0.15, -0.1) is 0 Å². The molecule has 1 aliphatic heterocycles. The van der Waals surface area contributed by atoms with Crippen molar-refractivity contribution in [3.05, 3.63) is 59.7 Å². The number of nitrogens with one attached hydrogen (secondary N) is 1. The van der Waals surface area contributed by atoms with Gasteiger partial charge in [-0.25, -0.2) is 9.37 Å². The lowest BCUT2D eigenvalue weighted by molar-refractivity contribution is 0.0792. The highest BCUT2D eigenvalue weighted by Gasteiger charge is 2.29. The average Bonchev–Trinajstić information content (AvgIpc) is 3.47. The average molecular weight is 423 g/mol. The number of aryl methyl sites for hydroxylation is 1. The fourth-order valence-corrected chi connectivity index (χ4v) is 4.60. The molecule has 0 aliphatic carbocycles. The van der Waals surface area contributed by atoms with E-state index in [0.717, 1.165) is 21.8 Å². The number of carbonyl (C=O) groups is 1. The number of hydrogen-bond donors (Lipinski definition) is 1. The summed E-state index contributed by atoms with van der Waals surface area (Å²) >= 11 is 1.41. The lowest BCUT2D eigenvalue weighted by atomic mass is 10.1. The van der Waals surface area contributed by atoms with Crippen LogP contribution < -0.4 is 5.32 Å². The Morgan fingerprint density at radius 3 is 2.97 bits per heavy atom. The maximum Gasteiger partial charge on any atom is 0.258 e. The molecule has 0 radical (unpaired) electrons. The molecule has 0 saturated carbocycles. The Morgan fingerprint density at radius 2 is 2.13 bits per heavy atom. The number of anilines is 1. The Labute approximate surface area is 175 Å². The molecule has 7 nitrogen and oxygen atoms in total. The molecule has 4 aromatic rings. The topological polar surface area (TPSA) is 84.2 Å². The van der Waals surface area contributed by atoms with Crippen molar-refractivity contribution in [2.24, 2.45) is 0 Å². The van der Waals surface area contributed by atoms with Gasteiger partial charge in [0.05, 0.1) is 21.3 Å². The maximum atomic E-state index is 13.4. The molecule has 1 fully saturated rings. The maximum absolute atomic E-state index is 13.4. The van der Waals surface area contributed by atoms with Crippen LogP contribution in [0.15, 0.2) is 47.0 Å². The number of hydrogen-bond acceptors (Lipinski definition) is 7. The first-order valence-electron chi connectivity index (χ1n) is 9.58. The monoisotopic (exact) mass is 423 g/mol. The molecule has 0 bridgehead atoms. The third kappa shape index (κ3) is 3.52. The van der Waals surface area contributed by atoms with Crippen LogP contribution >= 0.6 is 11.3 Å². The number of benzene rings is 2. The van der Waals surface area contributed by atoms with Crippen molar-refractivity contribution in [3.63, 3.8) is 0 Å². The fourth-order valence-electron chi connectivity index (χ4n) is 3.63. The van der Waals surface area contributed by atoms with E-state index in [1.807, 2.05) is 23.1 Å². The van der Waals surface area contributed by atoms with Crippen LogP contribution in [0.4, 0.5) is 9.52 Å². The van der Waals surface area contributed by atoms with E-state index in [1.54, 1.807) is 19.1 Å². The first-order chi connectivity index (χ1) is 14.6. The summed E-state index contributed by atoms with van der Waals surface area (Å²) < 4.78 is 19.5. The quantitative estimate of drug-likeness (QED) is 0.532. The molecule has 2 aromatic heterocycles. The third-order valence-corrected chi connectivity index (χ3v) is 6.02. The first kappa shape index (κ1) is 18.7. The number of rotatable bonds is 4. The van der Waals surface area contributed by atoms with Crippen LogP contribution in [0.5, 0.6) is 0 Å². The minimum absolute atomic E-state index is 0.0721. The normalized spacial score (nSPS) is 16.3. The van der Waals surface area contributed by atoms with Crippen molar-refractivity contribution in [2.45, 2.75) is 19.4 Å². The van der Waals surface area contributed by atoms with Crippen molar-refractivity contribution in [3.8, 4) is 11.5 Å². The molecule has 1 N–H and O–H groups in total. The number of thiazole rings is 1. The van der Waals surface area contributed by atoms with E-state index in [-0.39, 0.29) is 17.8 Å². The zero-order chi connectivity index (χ0) is 20.7. The Kier molecular flexibility index (Phi) is 4.66. The first-order valence-corrected chi connectivity index (χ1v) is 10.4. The van der Waals surface area contributed by atoms with Gasteiger partial charge >= 0.3 is 0 Å². The summed E-state index contributed by atoms with van der Waals surface area (Å²) in [6, 6.07) is 11.9. The van der Waals surface area contributed by atoms with Crippen LogP contribution in [0.1, 0.15) is 22.6 Å². The van der Waals surface area contributed by atoms with Gasteiger partial charge in [0.2, 0.25) is 0 Å². The van der Waals surface area contributed by atoms with Crippen LogP contribution in [-0.2, 0) is 0 Å². The van der Waals surface area contributed by atoms with Crippen molar-refractivity contribution in [2.75, 3.05) is 18.4 Å². The lowest BCUT2D eigenvalue weighted by Crippen LogP contribution is -2.31. The molecule has 30 heavy (non-hydrogen) atoms. The van der Waals surface area contributed by atoms with Gasteiger partial charge in [0.1, 0.15) is 5.82 Å². The number of fused-ring (bicyclic) bond motifs is 1. The number of aromatic nitrogens is 3. The summed E-state index contributed by atoms with van der Waals surface area (Å²) in [6.45, 7) is 2.93. The zero-order valence-electron chi connectivity index (χ0n) is 16.1.